The first kappa shape index (κ1) is 21.1. The summed E-state index contributed by atoms with van der Waals surface area (Å²) < 4.78 is 42.4. The van der Waals surface area contributed by atoms with Crippen molar-refractivity contribution >= 4 is 17.3 Å². The van der Waals surface area contributed by atoms with Gasteiger partial charge < -0.3 is 15.6 Å². The Morgan fingerprint density at radius 1 is 1.23 bits per heavy atom. The smallest absolute Gasteiger partial charge is 0.257 e. The summed E-state index contributed by atoms with van der Waals surface area (Å²) in [6, 6.07) is 1.81. The highest BCUT2D eigenvalue weighted by atomic mass is 19.2. The number of aromatic nitrogens is 2. The average Bonchev–Trinajstić information content (AvgIpc) is 3.35. The lowest BCUT2D eigenvalue weighted by Gasteiger charge is -2.31. The summed E-state index contributed by atoms with van der Waals surface area (Å²) in [6.45, 7) is 2.50. The van der Waals surface area contributed by atoms with Crippen LogP contribution in [-0.4, -0.2) is 46.4 Å². The van der Waals surface area contributed by atoms with Gasteiger partial charge in [0.25, 0.3) is 5.91 Å². The topological polar surface area (TPSA) is 74.0 Å². The molecule has 1 aliphatic heterocycles. The lowest BCUT2D eigenvalue weighted by Crippen LogP contribution is -2.42. The van der Waals surface area contributed by atoms with Crippen LogP contribution in [0.15, 0.2) is 23.9 Å². The number of halogens is 3. The van der Waals surface area contributed by atoms with E-state index in [0.29, 0.717) is 29.8 Å². The Morgan fingerprint density at radius 2 is 1.87 bits per heavy atom. The van der Waals surface area contributed by atoms with Crippen molar-refractivity contribution in [2.24, 2.45) is 7.05 Å². The molecule has 1 saturated heterocycles. The monoisotopic (exact) mass is 431 g/mol. The molecule has 0 bridgehead atoms. The van der Waals surface area contributed by atoms with E-state index in [2.05, 4.69) is 17.3 Å². The van der Waals surface area contributed by atoms with Crippen molar-refractivity contribution in [3.63, 3.8) is 0 Å². The van der Waals surface area contributed by atoms with Gasteiger partial charge in [-0.1, -0.05) is 6.92 Å². The van der Waals surface area contributed by atoms with E-state index in [1.165, 1.54) is 0 Å². The summed E-state index contributed by atoms with van der Waals surface area (Å²) in [4.78, 5) is 14.8. The number of amides is 1. The molecule has 2 aromatic rings. The normalized spacial score (nSPS) is 19.4. The second-order valence-electron chi connectivity index (χ2n) is 8.44. The van der Waals surface area contributed by atoms with E-state index in [9.17, 15) is 18.0 Å². The van der Waals surface area contributed by atoms with Gasteiger partial charge in [-0.3, -0.25) is 9.48 Å². The van der Waals surface area contributed by atoms with E-state index in [1.54, 1.807) is 29.9 Å². The summed E-state index contributed by atoms with van der Waals surface area (Å²) >= 11 is 0. The summed E-state index contributed by atoms with van der Waals surface area (Å²) in [7, 11) is 3.36. The molecule has 1 saturated carbocycles. The highest BCUT2D eigenvalue weighted by Crippen LogP contribution is 2.48. The van der Waals surface area contributed by atoms with E-state index < -0.39 is 17.5 Å². The molecule has 0 spiro atoms. The number of nitrogens with zero attached hydrogens (tertiary/aromatic N) is 3. The standard InChI is InChI=1S/C22H24F3N5O/c1-22(5-6-22)20-14(10-29(3)28-20)21(31)30-7-4-13(17(26)11-30)19(27-2)12-8-15(23)18(25)16(24)9-12/h8-10,26-27H,4-7,11H2,1-3H3/b19-13-,26-17?. The van der Waals surface area contributed by atoms with Crippen LogP contribution in [-0.2, 0) is 12.5 Å². The number of benzene rings is 1. The van der Waals surface area contributed by atoms with Crippen LogP contribution in [0.3, 0.4) is 0 Å². The molecule has 1 aromatic carbocycles. The summed E-state index contributed by atoms with van der Waals surface area (Å²) in [5.41, 5.74) is 2.45. The second kappa shape index (κ2) is 7.55. The number of carbonyl (C=O) groups is 1. The lowest BCUT2D eigenvalue weighted by molar-refractivity contribution is 0.0773. The Labute approximate surface area is 178 Å². The van der Waals surface area contributed by atoms with Gasteiger partial charge in [0.05, 0.1) is 23.5 Å². The Hall–Kier alpha value is -3.10. The predicted octanol–water partition coefficient (Wildman–Crippen LogP) is 3.39. The number of hydrogen-bond donors (Lipinski definition) is 2. The zero-order valence-corrected chi connectivity index (χ0v) is 17.7. The molecule has 2 heterocycles. The van der Waals surface area contributed by atoms with Crippen LogP contribution in [0, 0.1) is 22.9 Å². The molecule has 0 radical (unpaired) electrons. The van der Waals surface area contributed by atoms with Crippen molar-refractivity contribution in [3.05, 3.63) is 58.2 Å². The third-order valence-electron chi connectivity index (χ3n) is 6.09. The van der Waals surface area contributed by atoms with Crippen LogP contribution < -0.4 is 5.32 Å². The van der Waals surface area contributed by atoms with Crippen molar-refractivity contribution in [1.82, 2.24) is 20.0 Å². The van der Waals surface area contributed by atoms with E-state index >= 15 is 0 Å². The van der Waals surface area contributed by atoms with Gasteiger partial charge in [0.1, 0.15) is 0 Å². The minimum Gasteiger partial charge on any atom is -0.387 e. The van der Waals surface area contributed by atoms with Crippen molar-refractivity contribution in [2.45, 2.75) is 31.6 Å². The molecule has 1 aromatic heterocycles. The molecular weight excluding hydrogens is 407 g/mol. The first-order chi connectivity index (χ1) is 14.6. The largest absolute Gasteiger partial charge is 0.387 e. The number of aryl methyl sites for hydroxylation is 1. The van der Waals surface area contributed by atoms with E-state index in [0.717, 1.165) is 30.7 Å². The fourth-order valence-electron chi connectivity index (χ4n) is 4.07. The van der Waals surface area contributed by atoms with E-state index in [-0.39, 0.29) is 29.1 Å². The Kier molecular flexibility index (Phi) is 5.15. The quantitative estimate of drug-likeness (QED) is 0.729. The molecule has 2 aliphatic rings. The second-order valence-corrected chi connectivity index (χ2v) is 8.44. The van der Waals surface area contributed by atoms with Gasteiger partial charge in [-0.25, -0.2) is 13.2 Å². The maximum atomic E-state index is 13.7. The third-order valence-corrected chi connectivity index (χ3v) is 6.09. The molecule has 1 aliphatic carbocycles. The van der Waals surface area contributed by atoms with E-state index in [4.69, 9.17) is 5.41 Å². The van der Waals surface area contributed by atoms with Crippen LogP contribution in [0.5, 0.6) is 0 Å². The number of rotatable bonds is 4. The Morgan fingerprint density at radius 3 is 2.42 bits per heavy atom. The van der Waals surface area contributed by atoms with Crippen molar-refractivity contribution in [2.75, 3.05) is 20.1 Å². The molecular formula is C22H24F3N5O. The predicted molar refractivity (Wildman–Crippen MR) is 110 cm³/mol. The number of nitrogens with one attached hydrogen (secondary N) is 2. The van der Waals surface area contributed by atoms with Gasteiger partial charge in [0.15, 0.2) is 17.5 Å². The molecule has 4 rings (SSSR count). The molecule has 0 atom stereocenters. The SMILES string of the molecule is CN/C(=C1/CCN(C(=O)c2cn(C)nc2C2(C)CC2)CC1=N)c1cc(F)c(F)c(F)c1. The van der Waals surface area contributed by atoms with E-state index in [1.807, 2.05) is 0 Å². The van der Waals surface area contributed by atoms with Crippen LogP contribution in [0.1, 0.15) is 47.8 Å². The molecule has 2 fully saturated rings. The lowest BCUT2D eigenvalue weighted by atomic mass is 9.94. The third kappa shape index (κ3) is 3.73. The van der Waals surface area contributed by atoms with Gasteiger partial charge >= 0.3 is 0 Å². The molecule has 6 nitrogen and oxygen atoms in total. The molecule has 1 amide bonds. The van der Waals surface area contributed by atoms with Gasteiger partial charge in [-0.2, -0.15) is 5.10 Å². The van der Waals surface area contributed by atoms with Gasteiger partial charge in [-0.05, 0) is 31.4 Å². The Balaban J connectivity index is 1.60. The minimum absolute atomic E-state index is 0.0660. The highest BCUT2D eigenvalue weighted by Gasteiger charge is 2.44. The number of hydrogen-bond acceptors (Lipinski definition) is 4. The van der Waals surface area contributed by atoms with Crippen LogP contribution >= 0.6 is 0 Å². The molecule has 0 unspecified atom stereocenters. The van der Waals surface area contributed by atoms with Crippen molar-refractivity contribution in [3.8, 4) is 0 Å². The van der Waals surface area contributed by atoms with Gasteiger partial charge in [0.2, 0.25) is 0 Å². The molecule has 2 N–H and O–H groups in total. The number of carbonyl (C=O) groups excluding carboxylic acids is 1. The maximum Gasteiger partial charge on any atom is 0.257 e. The zero-order chi connectivity index (χ0) is 22.5. The highest BCUT2D eigenvalue weighted by molar-refractivity contribution is 6.08. The number of likely N-dealkylation sites (tertiary alicyclic amines) is 1. The molecule has 9 heteroatoms. The average molecular weight is 431 g/mol. The van der Waals surface area contributed by atoms with Crippen molar-refractivity contribution in [1.29, 1.82) is 5.41 Å². The first-order valence-electron chi connectivity index (χ1n) is 10.1. The fourth-order valence-corrected chi connectivity index (χ4v) is 4.07. The summed E-state index contributed by atoms with van der Waals surface area (Å²) in [5, 5.41) is 15.9. The van der Waals surface area contributed by atoms with Gasteiger partial charge in [-0.15, -0.1) is 0 Å². The maximum absolute atomic E-state index is 13.7. The first-order valence-corrected chi connectivity index (χ1v) is 10.1. The summed E-state index contributed by atoms with van der Waals surface area (Å²) in [6.07, 6.45) is 4.03. The summed E-state index contributed by atoms with van der Waals surface area (Å²) in [5.74, 6) is -4.29. The van der Waals surface area contributed by atoms with Gasteiger partial charge in [0, 0.05) is 49.1 Å². The van der Waals surface area contributed by atoms with Crippen LogP contribution in [0.2, 0.25) is 0 Å². The number of piperidine rings is 1. The van der Waals surface area contributed by atoms with Crippen LogP contribution in [0.4, 0.5) is 13.2 Å². The van der Waals surface area contributed by atoms with Crippen molar-refractivity contribution < 1.29 is 18.0 Å². The molecule has 164 valence electrons. The molecule has 31 heavy (non-hydrogen) atoms. The minimum atomic E-state index is -1.53. The Bertz CT molecular complexity index is 1090. The zero-order valence-electron chi connectivity index (χ0n) is 17.7. The van der Waals surface area contributed by atoms with Crippen LogP contribution in [0.25, 0.3) is 5.70 Å². The fraction of sp³-hybridized carbons (Fsp3) is 0.409.